The van der Waals surface area contributed by atoms with Crippen LogP contribution in [0.1, 0.15) is 61.3 Å². The number of piperidine rings is 1. The molecule has 1 aromatic carbocycles. The quantitative estimate of drug-likeness (QED) is 0.733. The number of aromatic nitrogens is 2. The number of halogens is 1. The third-order valence-corrected chi connectivity index (χ3v) is 5.69. The molecule has 1 unspecified atom stereocenters. The molecule has 0 bridgehead atoms. The van der Waals surface area contributed by atoms with Crippen LogP contribution in [-0.2, 0) is 6.54 Å². The predicted octanol–water partition coefficient (Wildman–Crippen LogP) is 4.78. The largest absolute Gasteiger partial charge is 0.321 e. The van der Waals surface area contributed by atoms with Gasteiger partial charge in [-0.2, -0.15) is 5.10 Å². The number of hydrogen-bond acceptors (Lipinski definition) is 3. The number of amides is 1. The van der Waals surface area contributed by atoms with Crippen molar-refractivity contribution in [2.24, 2.45) is 5.92 Å². The highest BCUT2D eigenvalue weighted by atomic mass is 79.9. The van der Waals surface area contributed by atoms with Crippen LogP contribution in [0.5, 0.6) is 0 Å². The molecule has 1 amide bonds. The Labute approximate surface area is 163 Å². The molecule has 0 saturated carbocycles. The van der Waals surface area contributed by atoms with Gasteiger partial charge in [0.05, 0.1) is 10.2 Å². The van der Waals surface area contributed by atoms with Gasteiger partial charge in [0.25, 0.3) is 5.91 Å². The van der Waals surface area contributed by atoms with E-state index in [0.717, 1.165) is 28.3 Å². The minimum Gasteiger partial charge on any atom is -0.321 e. The van der Waals surface area contributed by atoms with Gasteiger partial charge in [-0.3, -0.25) is 14.8 Å². The van der Waals surface area contributed by atoms with Gasteiger partial charge in [-0.15, -0.1) is 0 Å². The molecule has 6 heteroatoms. The highest BCUT2D eigenvalue weighted by Gasteiger charge is 2.19. The standard InChI is InChI=1S/C20H27BrN4O/c1-13(2)18-17(21)19(24-23-18)20(26)22-16-8-6-15(7-9-16)12-25-10-4-5-14(3)11-25/h6-9,13-14H,4-5,10-12H2,1-3H3,(H,22,26)(H,23,24). The number of likely N-dealkylation sites (tertiary alicyclic amines) is 1. The lowest BCUT2D eigenvalue weighted by Gasteiger charge is -2.30. The number of anilines is 1. The van der Waals surface area contributed by atoms with Crippen molar-refractivity contribution in [1.82, 2.24) is 15.1 Å². The summed E-state index contributed by atoms with van der Waals surface area (Å²) in [7, 11) is 0. The van der Waals surface area contributed by atoms with Crippen molar-refractivity contribution in [2.75, 3.05) is 18.4 Å². The highest BCUT2D eigenvalue weighted by molar-refractivity contribution is 9.10. The summed E-state index contributed by atoms with van der Waals surface area (Å²) in [6, 6.07) is 8.11. The van der Waals surface area contributed by atoms with E-state index in [2.05, 4.69) is 69.2 Å². The first kappa shape index (κ1) is 19.1. The van der Waals surface area contributed by atoms with Crippen LogP contribution in [0.15, 0.2) is 28.7 Å². The summed E-state index contributed by atoms with van der Waals surface area (Å²) >= 11 is 3.48. The molecule has 5 nitrogen and oxygen atoms in total. The summed E-state index contributed by atoms with van der Waals surface area (Å²) in [6.45, 7) is 9.76. The fourth-order valence-electron chi connectivity index (χ4n) is 3.45. The number of hydrogen-bond donors (Lipinski definition) is 2. The molecule has 1 saturated heterocycles. The fourth-order valence-corrected chi connectivity index (χ4v) is 4.26. The normalized spacial score (nSPS) is 18.3. The van der Waals surface area contributed by atoms with Crippen molar-refractivity contribution in [1.29, 1.82) is 0 Å². The maximum absolute atomic E-state index is 12.5. The molecule has 3 rings (SSSR count). The first-order chi connectivity index (χ1) is 12.4. The van der Waals surface area contributed by atoms with Gasteiger partial charge in [0.1, 0.15) is 0 Å². The van der Waals surface area contributed by atoms with Crippen LogP contribution in [-0.4, -0.2) is 34.1 Å². The van der Waals surface area contributed by atoms with Crippen molar-refractivity contribution < 1.29 is 4.79 Å². The van der Waals surface area contributed by atoms with Crippen molar-refractivity contribution in [3.63, 3.8) is 0 Å². The lowest BCUT2D eigenvalue weighted by atomic mass is 10.00. The van der Waals surface area contributed by atoms with Gasteiger partial charge >= 0.3 is 0 Å². The number of nitrogens with one attached hydrogen (secondary N) is 2. The van der Waals surface area contributed by atoms with Gasteiger partial charge < -0.3 is 5.32 Å². The molecule has 140 valence electrons. The Morgan fingerprint density at radius 3 is 2.73 bits per heavy atom. The minimum absolute atomic E-state index is 0.211. The number of H-pyrrole nitrogens is 1. The van der Waals surface area contributed by atoms with Gasteiger partial charge in [0, 0.05) is 18.8 Å². The molecule has 2 N–H and O–H groups in total. The third kappa shape index (κ3) is 4.54. The number of carbonyl (C=O) groups excluding carboxylic acids is 1. The van der Waals surface area contributed by atoms with Crippen LogP contribution in [0.4, 0.5) is 5.69 Å². The maximum Gasteiger partial charge on any atom is 0.277 e. The van der Waals surface area contributed by atoms with E-state index in [4.69, 9.17) is 0 Å². The zero-order valence-corrected chi connectivity index (χ0v) is 17.3. The molecule has 2 aromatic rings. The van der Waals surface area contributed by atoms with E-state index < -0.39 is 0 Å². The molecule has 26 heavy (non-hydrogen) atoms. The first-order valence-electron chi connectivity index (χ1n) is 9.30. The minimum atomic E-state index is -0.211. The number of rotatable bonds is 5. The topological polar surface area (TPSA) is 61.0 Å². The lowest BCUT2D eigenvalue weighted by molar-refractivity contribution is 0.102. The van der Waals surface area contributed by atoms with E-state index in [1.54, 1.807) is 0 Å². The Morgan fingerprint density at radius 1 is 1.38 bits per heavy atom. The van der Waals surface area contributed by atoms with Crippen LogP contribution < -0.4 is 5.32 Å². The Balaban J connectivity index is 1.61. The van der Waals surface area contributed by atoms with Crippen LogP contribution in [0.2, 0.25) is 0 Å². The van der Waals surface area contributed by atoms with Crippen LogP contribution >= 0.6 is 15.9 Å². The molecule has 0 aliphatic carbocycles. The third-order valence-electron chi connectivity index (χ3n) is 4.88. The van der Waals surface area contributed by atoms with Crippen molar-refractivity contribution >= 4 is 27.5 Å². The Bertz CT molecular complexity index is 754. The highest BCUT2D eigenvalue weighted by Crippen LogP contribution is 2.26. The second kappa shape index (κ2) is 8.35. The summed E-state index contributed by atoms with van der Waals surface area (Å²) in [5.74, 6) is 0.846. The lowest BCUT2D eigenvalue weighted by Crippen LogP contribution is -2.33. The van der Waals surface area contributed by atoms with E-state index in [9.17, 15) is 4.79 Å². The van der Waals surface area contributed by atoms with Crippen molar-refractivity contribution in [3.8, 4) is 0 Å². The smallest absolute Gasteiger partial charge is 0.277 e. The predicted molar refractivity (Wildman–Crippen MR) is 108 cm³/mol. The second-order valence-corrected chi connectivity index (χ2v) is 8.38. The monoisotopic (exact) mass is 418 g/mol. The van der Waals surface area contributed by atoms with Crippen molar-refractivity contribution in [2.45, 2.75) is 46.1 Å². The second-order valence-electron chi connectivity index (χ2n) is 7.59. The van der Waals surface area contributed by atoms with Gasteiger partial charge in [0.2, 0.25) is 0 Å². The average Bonchev–Trinajstić information content (AvgIpc) is 2.98. The molecule has 2 heterocycles. The first-order valence-corrected chi connectivity index (χ1v) is 10.1. The van der Waals surface area contributed by atoms with Crippen LogP contribution in [0.25, 0.3) is 0 Å². The van der Waals surface area contributed by atoms with E-state index in [0.29, 0.717) is 5.69 Å². The molecular weight excluding hydrogens is 392 g/mol. The summed E-state index contributed by atoms with van der Waals surface area (Å²) in [4.78, 5) is 15.0. The molecule has 1 fully saturated rings. The molecule has 1 aromatic heterocycles. The van der Waals surface area contributed by atoms with Gasteiger partial charge in [-0.05, 0) is 64.8 Å². The molecule has 0 spiro atoms. The molecule has 1 aliphatic heterocycles. The SMILES string of the molecule is CC1CCCN(Cc2ccc(NC(=O)c3n[nH]c(C(C)C)c3Br)cc2)C1. The summed E-state index contributed by atoms with van der Waals surface area (Å²) in [6.07, 6.45) is 2.62. The summed E-state index contributed by atoms with van der Waals surface area (Å²) in [5, 5.41) is 10.0. The number of benzene rings is 1. The maximum atomic E-state index is 12.5. The molecular formula is C20H27BrN4O. The molecule has 1 aliphatic rings. The Kier molecular flexibility index (Phi) is 6.14. The van der Waals surface area contributed by atoms with Gasteiger partial charge in [0.15, 0.2) is 5.69 Å². The number of carbonyl (C=O) groups is 1. The number of nitrogens with zero attached hydrogens (tertiary/aromatic N) is 2. The summed E-state index contributed by atoms with van der Waals surface area (Å²) < 4.78 is 0.737. The van der Waals surface area contributed by atoms with E-state index >= 15 is 0 Å². The van der Waals surface area contributed by atoms with Crippen LogP contribution in [0, 0.1) is 5.92 Å². The van der Waals surface area contributed by atoms with E-state index in [-0.39, 0.29) is 11.8 Å². The fraction of sp³-hybridized carbons (Fsp3) is 0.500. The van der Waals surface area contributed by atoms with Crippen LogP contribution in [0.3, 0.4) is 0 Å². The molecule has 1 atom stereocenters. The Hall–Kier alpha value is -1.66. The average molecular weight is 419 g/mol. The summed E-state index contributed by atoms with van der Waals surface area (Å²) in [5.41, 5.74) is 3.38. The zero-order chi connectivity index (χ0) is 18.7. The van der Waals surface area contributed by atoms with Gasteiger partial charge in [-0.25, -0.2) is 0 Å². The van der Waals surface area contributed by atoms with E-state index in [1.807, 2.05) is 12.1 Å². The molecule has 0 radical (unpaired) electrons. The number of aromatic amines is 1. The van der Waals surface area contributed by atoms with E-state index in [1.165, 1.54) is 31.5 Å². The van der Waals surface area contributed by atoms with Gasteiger partial charge in [-0.1, -0.05) is 32.9 Å². The Morgan fingerprint density at radius 2 is 2.12 bits per heavy atom. The zero-order valence-electron chi connectivity index (χ0n) is 15.7. The van der Waals surface area contributed by atoms with Crippen molar-refractivity contribution in [3.05, 3.63) is 45.7 Å².